The molecule has 0 unspecified atom stereocenters. The zero-order valence-corrected chi connectivity index (χ0v) is 12.4. The topological polar surface area (TPSA) is 68.3 Å². The molecule has 1 aromatic heterocycles. The lowest BCUT2D eigenvalue weighted by atomic mass is 10.3. The summed E-state index contributed by atoms with van der Waals surface area (Å²) in [6.45, 7) is 0. The van der Waals surface area contributed by atoms with Crippen LogP contribution in [0, 0.1) is 0 Å². The average Bonchev–Trinajstić information content (AvgIpc) is 2.39. The van der Waals surface area contributed by atoms with Crippen LogP contribution in [0.15, 0.2) is 52.1 Å². The largest absolute Gasteiger partial charge is 0.497 e. The average molecular weight is 343 g/mol. The van der Waals surface area contributed by atoms with Gasteiger partial charge in [-0.25, -0.2) is 8.42 Å². The molecule has 1 heterocycles. The van der Waals surface area contributed by atoms with E-state index < -0.39 is 10.0 Å². The summed E-state index contributed by atoms with van der Waals surface area (Å²) in [5.41, 5.74) is 0.459. The van der Waals surface area contributed by atoms with Crippen molar-refractivity contribution < 1.29 is 13.2 Å². The standard InChI is InChI=1S/C12H11BrN2O3S/c1-18-11-4-2-10(3-5-11)15-19(16,17)12-6-9(13)7-14-8-12/h2-8,15H,1H3. The molecule has 0 atom stereocenters. The number of nitrogens with one attached hydrogen (secondary N) is 1. The van der Waals surface area contributed by atoms with E-state index >= 15 is 0 Å². The molecule has 1 N–H and O–H groups in total. The van der Waals surface area contributed by atoms with Crippen LogP contribution in [0.2, 0.25) is 0 Å². The number of anilines is 1. The molecule has 0 saturated heterocycles. The first-order valence-corrected chi connectivity index (χ1v) is 7.56. The predicted octanol–water partition coefficient (Wildman–Crippen LogP) is 2.65. The number of benzene rings is 1. The Kier molecular flexibility index (Phi) is 4.06. The normalized spacial score (nSPS) is 11.1. The van der Waals surface area contributed by atoms with Gasteiger partial charge < -0.3 is 4.74 Å². The quantitative estimate of drug-likeness (QED) is 0.927. The van der Waals surface area contributed by atoms with E-state index in [0.29, 0.717) is 15.9 Å². The molecule has 19 heavy (non-hydrogen) atoms. The van der Waals surface area contributed by atoms with E-state index in [0.717, 1.165) is 0 Å². The minimum absolute atomic E-state index is 0.0951. The summed E-state index contributed by atoms with van der Waals surface area (Å²) >= 11 is 3.19. The first-order chi connectivity index (χ1) is 9.01. The summed E-state index contributed by atoms with van der Waals surface area (Å²) in [7, 11) is -2.09. The Morgan fingerprint density at radius 1 is 1.21 bits per heavy atom. The van der Waals surface area contributed by atoms with E-state index in [1.807, 2.05) is 0 Å². The number of halogens is 1. The third-order valence-electron chi connectivity index (χ3n) is 2.33. The number of nitrogens with zero attached hydrogens (tertiary/aromatic N) is 1. The van der Waals surface area contributed by atoms with Crippen molar-refractivity contribution in [2.75, 3.05) is 11.8 Å². The monoisotopic (exact) mass is 342 g/mol. The van der Waals surface area contributed by atoms with E-state index in [1.165, 1.54) is 18.5 Å². The van der Waals surface area contributed by atoms with Crippen molar-refractivity contribution >= 4 is 31.6 Å². The maximum atomic E-state index is 12.1. The fraction of sp³-hybridized carbons (Fsp3) is 0.0833. The molecule has 7 heteroatoms. The van der Waals surface area contributed by atoms with E-state index in [4.69, 9.17) is 4.74 Å². The van der Waals surface area contributed by atoms with E-state index in [-0.39, 0.29) is 4.90 Å². The molecule has 0 aliphatic rings. The number of hydrogen-bond donors (Lipinski definition) is 1. The zero-order valence-electron chi connectivity index (χ0n) is 10.00. The van der Waals surface area contributed by atoms with Crippen LogP contribution in [0.25, 0.3) is 0 Å². The van der Waals surface area contributed by atoms with Gasteiger partial charge in [0.2, 0.25) is 0 Å². The highest BCUT2D eigenvalue weighted by atomic mass is 79.9. The van der Waals surface area contributed by atoms with Crippen LogP contribution in [0.4, 0.5) is 5.69 Å². The van der Waals surface area contributed by atoms with Crippen LogP contribution in [-0.2, 0) is 10.0 Å². The second-order valence-electron chi connectivity index (χ2n) is 3.67. The maximum absolute atomic E-state index is 12.1. The Balaban J connectivity index is 2.25. The lowest BCUT2D eigenvalue weighted by Gasteiger charge is -2.08. The van der Waals surface area contributed by atoms with Crippen molar-refractivity contribution in [1.29, 1.82) is 0 Å². The van der Waals surface area contributed by atoms with Gasteiger partial charge in [0.15, 0.2) is 0 Å². The van der Waals surface area contributed by atoms with Gasteiger partial charge in [0, 0.05) is 22.6 Å². The van der Waals surface area contributed by atoms with Crippen LogP contribution >= 0.6 is 15.9 Å². The summed E-state index contributed by atoms with van der Waals surface area (Å²) in [6.07, 6.45) is 2.81. The van der Waals surface area contributed by atoms with Crippen LogP contribution in [0.3, 0.4) is 0 Å². The van der Waals surface area contributed by atoms with Crippen molar-refractivity contribution in [2.45, 2.75) is 4.90 Å². The minimum Gasteiger partial charge on any atom is -0.497 e. The Bertz CT molecular complexity index is 672. The SMILES string of the molecule is COc1ccc(NS(=O)(=O)c2cncc(Br)c2)cc1. The lowest BCUT2D eigenvalue weighted by molar-refractivity contribution is 0.415. The molecule has 0 aliphatic carbocycles. The van der Waals surface area contributed by atoms with Gasteiger partial charge in [-0.05, 0) is 46.3 Å². The Morgan fingerprint density at radius 2 is 1.89 bits per heavy atom. The Labute approximate surface area is 119 Å². The van der Waals surface area contributed by atoms with Crippen LogP contribution in [0.1, 0.15) is 0 Å². The molecule has 0 fully saturated rings. The third kappa shape index (κ3) is 3.45. The van der Waals surface area contributed by atoms with Crippen LogP contribution in [0.5, 0.6) is 5.75 Å². The summed E-state index contributed by atoms with van der Waals surface area (Å²) in [5.74, 6) is 0.659. The van der Waals surface area contributed by atoms with Crippen molar-refractivity contribution in [3.8, 4) is 5.75 Å². The fourth-order valence-electron chi connectivity index (χ4n) is 1.41. The number of sulfonamides is 1. The molecular formula is C12H11BrN2O3S. The van der Waals surface area contributed by atoms with Crippen LogP contribution in [-0.4, -0.2) is 20.5 Å². The molecule has 100 valence electrons. The number of hydrogen-bond acceptors (Lipinski definition) is 4. The number of ether oxygens (including phenoxy) is 1. The molecule has 0 bridgehead atoms. The van der Waals surface area contributed by atoms with Gasteiger partial charge in [0.05, 0.1) is 7.11 Å². The van der Waals surface area contributed by atoms with Crippen LogP contribution < -0.4 is 9.46 Å². The zero-order chi connectivity index (χ0) is 13.9. The van der Waals surface area contributed by atoms with Crippen molar-refractivity contribution in [3.05, 3.63) is 47.2 Å². The van der Waals surface area contributed by atoms with Gasteiger partial charge >= 0.3 is 0 Å². The Morgan fingerprint density at radius 3 is 2.47 bits per heavy atom. The molecule has 5 nitrogen and oxygen atoms in total. The molecule has 1 aromatic carbocycles. The number of pyridine rings is 1. The Hall–Kier alpha value is -1.60. The molecule has 2 aromatic rings. The number of rotatable bonds is 4. The maximum Gasteiger partial charge on any atom is 0.263 e. The minimum atomic E-state index is -3.64. The van der Waals surface area contributed by atoms with Crippen molar-refractivity contribution in [1.82, 2.24) is 4.98 Å². The number of methoxy groups -OCH3 is 1. The second kappa shape index (κ2) is 5.58. The lowest BCUT2D eigenvalue weighted by Crippen LogP contribution is -2.13. The highest BCUT2D eigenvalue weighted by molar-refractivity contribution is 9.10. The first-order valence-electron chi connectivity index (χ1n) is 5.29. The van der Waals surface area contributed by atoms with Gasteiger partial charge in [0.25, 0.3) is 10.0 Å². The molecule has 0 saturated carbocycles. The van der Waals surface area contributed by atoms with Gasteiger partial charge in [-0.2, -0.15) is 0 Å². The molecule has 2 rings (SSSR count). The van der Waals surface area contributed by atoms with Gasteiger partial charge in [-0.1, -0.05) is 0 Å². The van der Waals surface area contributed by atoms with Gasteiger partial charge in [-0.15, -0.1) is 0 Å². The molecule has 0 radical (unpaired) electrons. The highest BCUT2D eigenvalue weighted by Gasteiger charge is 2.14. The molecule has 0 amide bonds. The van der Waals surface area contributed by atoms with Gasteiger partial charge in [-0.3, -0.25) is 9.71 Å². The van der Waals surface area contributed by atoms with Crippen molar-refractivity contribution in [2.24, 2.45) is 0 Å². The molecule has 0 spiro atoms. The smallest absolute Gasteiger partial charge is 0.263 e. The molecule has 0 aliphatic heterocycles. The third-order valence-corrected chi connectivity index (χ3v) is 4.11. The summed E-state index contributed by atoms with van der Waals surface area (Å²) in [4.78, 5) is 3.93. The van der Waals surface area contributed by atoms with Gasteiger partial charge in [0.1, 0.15) is 10.6 Å². The highest BCUT2D eigenvalue weighted by Crippen LogP contribution is 2.20. The molecular weight excluding hydrogens is 332 g/mol. The predicted molar refractivity (Wildman–Crippen MR) is 75.7 cm³/mol. The van der Waals surface area contributed by atoms with E-state index in [9.17, 15) is 8.42 Å². The van der Waals surface area contributed by atoms with E-state index in [1.54, 1.807) is 31.4 Å². The summed E-state index contributed by atoms with van der Waals surface area (Å²) in [5, 5.41) is 0. The van der Waals surface area contributed by atoms with Crippen molar-refractivity contribution in [3.63, 3.8) is 0 Å². The fourth-order valence-corrected chi connectivity index (χ4v) is 2.97. The summed E-state index contributed by atoms with van der Waals surface area (Å²) < 4.78 is 32.3. The first kappa shape index (κ1) is 13.8. The van der Waals surface area contributed by atoms with E-state index in [2.05, 4.69) is 25.6 Å². The summed E-state index contributed by atoms with van der Waals surface area (Å²) in [6, 6.07) is 8.09. The number of aromatic nitrogens is 1. The second-order valence-corrected chi connectivity index (χ2v) is 6.27.